The summed E-state index contributed by atoms with van der Waals surface area (Å²) in [6.07, 6.45) is 4.87. The van der Waals surface area contributed by atoms with Crippen LogP contribution in [0.1, 0.15) is 31.2 Å². The first kappa shape index (κ1) is 16.0. The summed E-state index contributed by atoms with van der Waals surface area (Å²) in [5.41, 5.74) is 0.399. The van der Waals surface area contributed by atoms with E-state index in [-0.39, 0.29) is 11.6 Å². The van der Waals surface area contributed by atoms with Gasteiger partial charge in [0.1, 0.15) is 5.57 Å². The summed E-state index contributed by atoms with van der Waals surface area (Å²) >= 11 is 11.9. The van der Waals surface area contributed by atoms with Crippen molar-refractivity contribution in [3.05, 3.63) is 39.4 Å². The SMILES string of the molecule is O=C1NC(=O)N(C2CCCC2)C(=O)/C1=C/c1ccc(Cl)cc1Cl. The topological polar surface area (TPSA) is 66.5 Å². The molecule has 1 aromatic rings. The van der Waals surface area contributed by atoms with Gasteiger partial charge in [-0.05, 0) is 36.6 Å². The van der Waals surface area contributed by atoms with Gasteiger partial charge in [0.25, 0.3) is 11.8 Å². The van der Waals surface area contributed by atoms with E-state index in [4.69, 9.17) is 23.2 Å². The molecule has 0 aromatic heterocycles. The maximum absolute atomic E-state index is 12.6. The number of halogens is 2. The van der Waals surface area contributed by atoms with E-state index in [2.05, 4.69) is 5.32 Å². The second kappa shape index (κ2) is 6.34. The lowest BCUT2D eigenvalue weighted by atomic mass is 10.1. The normalized spacial score (nSPS) is 21.2. The summed E-state index contributed by atoms with van der Waals surface area (Å²) in [7, 11) is 0. The third kappa shape index (κ3) is 3.12. The number of barbiturate groups is 1. The first-order chi connectivity index (χ1) is 11.0. The van der Waals surface area contributed by atoms with Gasteiger partial charge in [-0.1, -0.05) is 42.1 Å². The highest BCUT2D eigenvalue weighted by Crippen LogP contribution is 2.28. The summed E-state index contributed by atoms with van der Waals surface area (Å²) in [6, 6.07) is 3.96. The molecule has 5 nitrogen and oxygen atoms in total. The van der Waals surface area contributed by atoms with Gasteiger partial charge in [-0.3, -0.25) is 19.8 Å². The molecule has 1 N–H and O–H groups in total. The fourth-order valence-corrected chi connectivity index (χ4v) is 3.40. The van der Waals surface area contributed by atoms with Crippen molar-refractivity contribution < 1.29 is 14.4 Å². The van der Waals surface area contributed by atoms with Gasteiger partial charge in [0, 0.05) is 16.1 Å². The van der Waals surface area contributed by atoms with E-state index < -0.39 is 17.8 Å². The standard InChI is InChI=1S/C16H14Cl2N2O3/c17-10-6-5-9(13(18)8-10)7-12-14(21)19-16(23)20(15(12)22)11-3-1-2-4-11/h5-8,11H,1-4H2,(H,19,21,23)/b12-7+. The van der Waals surface area contributed by atoms with Crippen molar-refractivity contribution in [2.75, 3.05) is 0 Å². The third-order valence-corrected chi connectivity index (χ3v) is 4.65. The molecular weight excluding hydrogens is 339 g/mol. The lowest BCUT2D eigenvalue weighted by Gasteiger charge is -2.31. The van der Waals surface area contributed by atoms with Crippen LogP contribution >= 0.6 is 23.2 Å². The van der Waals surface area contributed by atoms with Crippen molar-refractivity contribution in [2.24, 2.45) is 0 Å². The molecule has 1 saturated heterocycles. The van der Waals surface area contributed by atoms with E-state index in [1.165, 1.54) is 12.1 Å². The van der Waals surface area contributed by atoms with Gasteiger partial charge in [-0.25, -0.2) is 4.79 Å². The first-order valence-corrected chi connectivity index (χ1v) is 8.08. The summed E-state index contributed by atoms with van der Waals surface area (Å²) in [5.74, 6) is -1.28. The first-order valence-electron chi connectivity index (χ1n) is 7.33. The zero-order valence-corrected chi connectivity index (χ0v) is 13.7. The van der Waals surface area contributed by atoms with E-state index in [1.54, 1.807) is 12.1 Å². The van der Waals surface area contributed by atoms with Gasteiger partial charge in [0.2, 0.25) is 0 Å². The molecule has 0 bridgehead atoms. The van der Waals surface area contributed by atoms with Crippen LogP contribution < -0.4 is 5.32 Å². The molecule has 3 rings (SSSR count). The van der Waals surface area contributed by atoms with Crippen LogP contribution in [0.25, 0.3) is 6.08 Å². The molecule has 0 unspecified atom stereocenters. The van der Waals surface area contributed by atoms with Crippen LogP contribution in [0.5, 0.6) is 0 Å². The molecule has 7 heteroatoms. The van der Waals surface area contributed by atoms with Gasteiger partial charge >= 0.3 is 6.03 Å². The number of hydrogen-bond donors (Lipinski definition) is 1. The number of hydrogen-bond acceptors (Lipinski definition) is 3. The van der Waals surface area contributed by atoms with Gasteiger partial charge in [-0.15, -0.1) is 0 Å². The number of nitrogens with zero attached hydrogens (tertiary/aromatic N) is 1. The maximum Gasteiger partial charge on any atom is 0.331 e. The molecule has 1 saturated carbocycles. The lowest BCUT2D eigenvalue weighted by Crippen LogP contribution is -2.57. The molecule has 0 radical (unpaired) electrons. The highest BCUT2D eigenvalue weighted by Gasteiger charge is 2.40. The molecule has 0 atom stereocenters. The Morgan fingerprint density at radius 2 is 1.83 bits per heavy atom. The van der Waals surface area contributed by atoms with Crippen molar-refractivity contribution in [3.8, 4) is 0 Å². The third-order valence-electron chi connectivity index (χ3n) is 4.09. The minimum atomic E-state index is -0.708. The number of carbonyl (C=O) groups excluding carboxylic acids is 3. The highest BCUT2D eigenvalue weighted by molar-refractivity contribution is 6.36. The van der Waals surface area contributed by atoms with Gasteiger partial charge < -0.3 is 0 Å². The molecule has 4 amide bonds. The number of rotatable bonds is 2. The Bertz CT molecular complexity index is 724. The fraction of sp³-hybridized carbons (Fsp3) is 0.312. The Morgan fingerprint density at radius 3 is 2.48 bits per heavy atom. The van der Waals surface area contributed by atoms with Crippen LogP contribution in [-0.2, 0) is 9.59 Å². The monoisotopic (exact) mass is 352 g/mol. The van der Waals surface area contributed by atoms with E-state index in [1.807, 2.05) is 0 Å². The zero-order chi connectivity index (χ0) is 16.6. The van der Waals surface area contributed by atoms with Crippen LogP contribution in [0.15, 0.2) is 23.8 Å². The number of nitrogens with one attached hydrogen (secondary N) is 1. The van der Waals surface area contributed by atoms with Crippen LogP contribution in [0.4, 0.5) is 4.79 Å². The molecule has 120 valence electrons. The zero-order valence-electron chi connectivity index (χ0n) is 12.1. The van der Waals surface area contributed by atoms with Crippen molar-refractivity contribution in [3.63, 3.8) is 0 Å². The number of benzene rings is 1. The van der Waals surface area contributed by atoms with E-state index in [0.717, 1.165) is 30.6 Å². The largest absolute Gasteiger partial charge is 0.331 e. The second-order valence-corrected chi connectivity index (χ2v) is 6.44. The minimum absolute atomic E-state index is 0.0966. The Morgan fingerprint density at radius 1 is 1.13 bits per heavy atom. The quantitative estimate of drug-likeness (QED) is 0.655. The van der Waals surface area contributed by atoms with Crippen molar-refractivity contribution >= 4 is 47.1 Å². The summed E-state index contributed by atoms with van der Waals surface area (Å²) in [4.78, 5) is 37.8. The summed E-state index contributed by atoms with van der Waals surface area (Å²) in [6.45, 7) is 0. The molecule has 2 fully saturated rings. The molecule has 23 heavy (non-hydrogen) atoms. The summed E-state index contributed by atoms with van der Waals surface area (Å²) in [5, 5.41) is 3.01. The Balaban J connectivity index is 1.96. The molecule has 0 spiro atoms. The lowest BCUT2D eigenvalue weighted by molar-refractivity contribution is -0.131. The number of amides is 4. The molecule has 1 aliphatic heterocycles. The van der Waals surface area contributed by atoms with Crippen molar-refractivity contribution in [1.29, 1.82) is 0 Å². The minimum Gasteiger partial charge on any atom is -0.273 e. The van der Waals surface area contributed by atoms with Gasteiger partial charge in [0.05, 0.1) is 0 Å². The second-order valence-electron chi connectivity index (χ2n) is 5.60. The average Bonchev–Trinajstić information content (AvgIpc) is 2.99. The number of urea groups is 1. The molecular formula is C16H14Cl2N2O3. The fourth-order valence-electron chi connectivity index (χ4n) is 2.94. The molecule has 1 heterocycles. The Hall–Kier alpha value is -1.85. The van der Waals surface area contributed by atoms with Gasteiger partial charge in [-0.2, -0.15) is 0 Å². The van der Waals surface area contributed by atoms with Crippen LogP contribution in [0.3, 0.4) is 0 Å². The van der Waals surface area contributed by atoms with E-state index >= 15 is 0 Å². The van der Waals surface area contributed by atoms with E-state index in [9.17, 15) is 14.4 Å². The number of imide groups is 2. The van der Waals surface area contributed by atoms with Gasteiger partial charge in [0.15, 0.2) is 0 Å². The Labute approximate surface area is 143 Å². The average molecular weight is 353 g/mol. The Kier molecular flexibility index (Phi) is 4.41. The predicted octanol–water partition coefficient (Wildman–Crippen LogP) is 3.40. The molecule has 2 aliphatic rings. The van der Waals surface area contributed by atoms with Crippen LogP contribution in [0, 0.1) is 0 Å². The smallest absolute Gasteiger partial charge is 0.273 e. The molecule has 1 aliphatic carbocycles. The van der Waals surface area contributed by atoms with E-state index in [0.29, 0.717) is 15.6 Å². The predicted molar refractivity (Wildman–Crippen MR) is 87.1 cm³/mol. The van der Waals surface area contributed by atoms with Crippen LogP contribution in [0.2, 0.25) is 10.0 Å². The van der Waals surface area contributed by atoms with Crippen LogP contribution in [-0.4, -0.2) is 28.8 Å². The summed E-state index contributed by atoms with van der Waals surface area (Å²) < 4.78 is 0. The highest BCUT2D eigenvalue weighted by atomic mass is 35.5. The maximum atomic E-state index is 12.6. The van der Waals surface area contributed by atoms with Crippen molar-refractivity contribution in [1.82, 2.24) is 10.2 Å². The number of carbonyl (C=O) groups is 3. The molecule has 1 aromatic carbocycles. The van der Waals surface area contributed by atoms with Crippen molar-refractivity contribution in [2.45, 2.75) is 31.7 Å².